The van der Waals surface area contributed by atoms with Gasteiger partial charge in [-0.05, 0) is 55.5 Å². The minimum absolute atomic E-state index is 0.0488. The van der Waals surface area contributed by atoms with E-state index in [9.17, 15) is 4.79 Å². The first-order valence-corrected chi connectivity index (χ1v) is 7.67. The van der Waals surface area contributed by atoms with Crippen LogP contribution >= 0.6 is 35.0 Å². The zero-order valence-electron chi connectivity index (χ0n) is 10.8. The summed E-state index contributed by atoms with van der Waals surface area (Å²) in [6.07, 6.45) is 0. The smallest absolute Gasteiger partial charge is 0.237 e. The number of carbonyl (C=O) groups is 1. The lowest BCUT2D eigenvalue weighted by atomic mass is 10.3. The number of carbonyl (C=O) groups excluding carboxylic acids is 1. The normalized spacial score (nSPS) is 11.9. The van der Waals surface area contributed by atoms with Crippen LogP contribution in [0.25, 0.3) is 0 Å². The third kappa shape index (κ3) is 4.44. The second-order valence-corrected chi connectivity index (χ2v) is 6.50. The van der Waals surface area contributed by atoms with E-state index in [1.807, 2.05) is 31.2 Å². The molecular weight excluding hydrogens is 313 g/mol. The third-order valence-electron chi connectivity index (χ3n) is 2.61. The molecule has 1 amide bonds. The van der Waals surface area contributed by atoms with Gasteiger partial charge in [0.2, 0.25) is 5.91 Å². The van der Waals surface area contributed by atoms with Crippen LogP contribution in [0.1, 0.15) is 6.92 Å². The Labute approximate surface area is 132 Å². The van der Waals surface area contributed by atoms with Crippen LogP contribution in [0.3, 0.4) is 0 Å². The summed E-state index contributed by atoms with van der Waals surface area (Å²) in [5.41, 5.74) is 0.739. The molecule has 1 unspecified atom stereocenters. The summed E-state index contributed by atoms with van der Waals surface area (Å²) >= 11 is 13.1. The summed E-state index contributed by atoms with van der Waals surface area (Å²) in [6, 6.07) is 14.5. The lowest BCUT2D eigenvalue weighted by Crippen LogP contribution is -2.22. The monoisotopic (exact) mass is 325 g/mol. The van der Waals surface area contributed by atoms with E-state index < -0.39 is 0 Å². The Balaban J connectivity index is 1.94. The number of hydrogen-bond donors (Lipinski definition) is 1. The van der Waals surface area contributed by atoms with E-state index in [0.29, 0.717) is 10.0 Å². The van der Waals surface area contributed by atoms with Crippen molar-refractivity contribution in [2.24, 2.45) is 0 Å². The average molecular weight is 326 g/mol. The van der Waals surface area contributed by atoms with E-state index in [4.69, 9.17) is 23.2 Å². The SMILES string of the molecule is CC(Sc1ccc(Cl)cc1)C(=O)Nc1ccc(Cl)cc1. The largest absolute Gasteiger partial charge is 0.325 e. The highest BCUT2D eigenvalue weighted by Crippen LogP contribution is 2.25. The zero-order chi connectivity index (χ0) is 14.5. The lowest BCUT2D eigenvalue weighted by molar-refractivity contribution is -0.115. The Kier molecular flexibility index (Phi) is 5.35. The quantitative estimate of drug-likeness (QED) is 0.791. The van der Waals surface area contributed by atoms with E-state index in [-0.39, 0.29) is 11.2 Å². The predicted molar refractivity (Wildman–Crippen MR) is 86.9 cm³/mol. The maximum Gasteiger partial charge on any atom is 0.237 e. The number of anilines is 1. The topological polar surface area (TPSA) is 29.1 Å². The molecule has 0 saturated carbocycles. The molecule has 2 rings (SSSR count). The fourth-order valence-electron chi connectivity index (χ4n) is 1.55. The van der Waals surface area contributed by atoms with Gasteiger partial charge in [0.1, 0.15) is 0 Å². The van der Waals surface area contributed by atoms with Gasteiger partial charge in [0.05, 0.1) is 5.25 Å². The first-order valence-electron chi connectivity index (χ1n) is 6.03. The van der Waals surface area contributed by atoms with E-state index in [0.717, 1.165) is 10.6 Å². The molecule has 5 heteroatoms. The first kappa shape index (κ1) is 15.2. The second kappa shape index (κ2) is 7.02. The molecular formula is C15H13Cl2NOS. The van der Waals surface area contributed by atoms with Crippen LogP contribution in [0.15, 0.2) is 53.4 Å². The van der Waals surface area contributed by atoms with Crippen molar-refractivity contribution in [3.63, 3.8) is 0 Å². The molecule has 2 aromatic rings. The number of benzene rings is 2. The van der Waals surface area contributed by atoms with Gasteiger partial charge in [-0.15, -0.1) is 11.8 Å². The van der Waals surface area contributed by atoms with Gasteiger partial charge in [-0.2, -0.15) is 0 Å². The Morgan fingerprint density at radius 3 is 2.05 bits per heavy atom. The van der Waals surface area contributed by atoms with Crippen molar-refractivity contribution in [2.45, 2.75) is 17.1 Å². The molecule has 0 aliphatic rings. The molecule has 0 saturated heterocycles. The zero-order valence-corrected chi connectivity index (χ0v) is 13.1. The van der Waals surface area contributed by atoms with Gasteiger partial charge in [0, 0.05) is 20.6 Å². The van der Waals surface area contributed by atoms with Crippen molar-refractivity contribution < 1.29 is 4.79 Å². The molecule has 0 fully saturated rings. The predicted octanol–water partition coefficient (Wildman–Crippen LogP) is 5.11. The van der Waals surface area contributed by atoms with Gasteiger partial charge in [-0.1, -0.05) is 23.2 Å². The fourth-order valence-corrected chi connectivity index (χ4v) is 2.67. The molecule has 2 aromatic carbocycles. The van der Waals surface area contributed by atoms with Gasteiger partial charge in [0.25, 0.3) is 0 Å². The highest BCUT2D eigenvalue weighted by molar-refractivity contribution is 8.00. The van der Waals surface area contributed by atoms with Crippen molar-refractivity contribution >= 4 is 46.6 Å². The van der Waals surface area contributed by atoms with Crippen molar-refractivity contribution in [3.05, 3.63) is 58.6 Å². The van der Waals surface area contributed by atoms with E-state index in [2.05, 4.69) is 5.32 Å². The molecule has 0 radical (unpaired) electrons. The molecule has 0 bridgehead atoms. The van der Waals surface area contributed by atoms with Crippen molar-refractivity contribution in [1.82, 2.24) is 0 Å². The Morgan fingerprint density at radius 2 is 1.50 bits per heavy atom. The van der Waals surface area contributed by atoms with E-state index in [1.54, 1.807) is 24.3 Å². The maximum atomic E-state index is 12.1. The summed E-state index contributed by atoms with van der Waals surface area (Å²) in [5, 5.41) is 3.99. The molecule has 0 heterocycles. The van der Waals surface area contributed by atoms with Crippen molar-refractivity contribution in [3.8, 4) is 0 Å². The van der Waals surface area contributed by atoms with Crippen LogP contribution in [0.5, 0.6) is 0 Å². The maximum absolute atomic E-state index is 12.1. The van der Waals surface area contributed by atoms with E-state index in [1.165, 1.54) is 11.8 Å². The van der Waals surface area contributed by atoms with Crippen LogP contribution in [0.4, 0.5) is 5.69 Å². The Bertz CT molecular complexity index is 584. The van der Waals surface area contributed by atoms with Crippen LogP contribution in [0, 0.1) is 0 Å². The molecule has 20 heavy (non-hydrogen) atoms. The van der Waals surface area contributed by atoms with Gasteiger partial charge < -0.3 is 5.32 Å². The standard InChI is InChI=1S/C15H13Cl2NOS/c1-10(20-14-8-4-12(17)5-9-14)15(19)18-13-6-2-11(16)3-7-13/h2-10H,1H3,(H,18,19). The second-order valence-electron chi connectivity index (χ2n) is 4.21. The number of nitrogens with one attached hydrogen (secondary N) is 1. The first-order chi connectivity index (χ1) is 9.54. The van der Waals surface area contributed by atoms with E-state index >= 15 is 0 Å². The molecule has 1 N–H and O–H groups in total. The lowest BCUT2D eigenvalue weighted by Gasteiger charge is -2.12. The minimum Gasteiger partial charge on any atom is -0.325 e. The van der Waals surface area contributed by atoms with Gasteiger partial charge >= 0.3 is 0 Å². The van der Waals surface area contributed by atoms with Crippen LogP contribution < -0.4 is 5.32 Å². The molecule has 1 atom stereocenters. The molecule has 2 nitrogen and oxygen atoms in total. The van der Waals surface area contributed by atoms with Crippen LogP contribution in [-0.4, -0.2) is 11.2 Å². The third-order valence-corrected chi connectivity index (χ3v) is 4.22. The summed E-state index contributed by atoms with van der Waals surface area (Å²) in [7, 11) is 0. The number of amides is 1. The van der Waals surface area contributed by atoms with Crippen LogP contribution in [0.2, 0.25) is 10.0 Å². The summed E-state index contributed by atoms with van der Waals surface area (Å²) < 4.78 is 0. The van der Waals surface area contributed by atoms with Gasteiger partial charge in [-0.25, -0.2) is 0 Å². The number of rotatable bonds is 4. The Hall–Kier alpha value is -1.16. The van der Waals surface area contributed by atoms with Gasteiger partial charge in [-0.3, -0.25) is 4.79 Å². The molecule has 0 aliphatic carbocycles. The summed E-state index contributed by atoms with van der Waals surface area (Å²) in [4.78, 5) is 13.1. The molecule has 104 valence electrons. The van der Waals surface area contributed by atoms with Crippen LogP contribution in [-0.2, 0) is 4.79 Å². The number of halogens is 2. The van der Waals surface area contributed by atoms with Crippen molar-refractivity contribution in [2.75, 3.05) is 5.32 Å². The Morgan fingerprint density at radius 1 is 1.00 bits per heavy atom. The fraction of sp³-hybridized carbons (Fsp3) is 0.133. The number of thioether (sulfide) groups is 1. The van der Waals surface area contributed by atoms with Gasteiger partial charge in [0.15, 0.2) is 0 Å². The average Bonchev–Trinajstić information content (AvgIpc) is 2.44. The summed E-state index contributed by atoms with van der Waals surface area (Å²) in [6.45, 7) is 1.87. The molecule has 0 aromatic heterocycles. The molecule has 0 aliphatic heterocycles. The minimum atomic E-state index is -0.202. The van der Waals surface area contributed by atoms with Crippen molar-refractivity contribution in [1.29, 1.82) is 0 Å². The summed E-state index contributed by atoms with van der Waals surface area (Å²) in [5.74, 6) is -0.0488. The highest BCUT2D eigenvalue weighted by atomic mass is 35.5. The highest BCUT2D eigenvalue weighted by Gasteiger charge is 2.14. The number of hydrogen-bond acceptors (Lipinski definition) is 2. The molecule has 0 spiro atoms.